The van der Waals surface area contributed by atoms with Crippen molar-refractivity contribution in [2.75, 3.05) is 13.3 Å². The van der Waals surface area contributed by atoms with Crippen molar-refractivity contribution in [3.8, 4) is 0 Å². The van der Waals surface area contributed by atoms with Gasteiger partial charge in [0.15, 0.2) is 6.10 Å². The number of carbonyl (C=O) groups is 2. The van der Waals surface area contributed by atoms with Crippen molar-refractivity contribution in [1.29, 1.82) is 0 Å². The molecule has 0 saturated carbocycles. The van der Waals surface area contributed by atoms with Crippen molar-refractivity contribution in [1.82, 2.24) is 0 Å². The van der Waals surface area contributed by atoms with Gasteiger partial charge in [-0.2, -0.15) is 0 Å². The minimum Gasteiger partial charge on any atom is -0.428 e. The Morgan fingerprint density at radius 2 is 2.08 bits per heavy atom. The van der Waals surface area contributed by atoms with Crippen LogP contribution in [0.25, 0.3) is 0 Å². The highest BCUT2D eigenvalue weighted by atomic mass is 16.7. The molecule has 0 radical (unpaired) electrons. The summed E-state index contributed by atoms with van der Waals surface area (Å²) in [6.45, 7) is 0.893. The molecule has 0 heterocycles. The van der Waals surface area contributed by atoms with Gasteiger partial charge in [0.05, 0.1) is 0 Å². The zero-order valence-corrected chi connectivity index (χ0v) is 7.36. The van der Waals surface area contributed by atoms with Gasteiger partial charge in [0.25, 0.3) is 0 Å². The Bertz CT molecular complexity index is 182. The summed E-state index contributed by atoms with van der Waals surface area (Å²) < 4.78 is 8.70. The Morgan fingerprint density at radius 1 is 1.46 bits per heavy atom. The largest absolute Gasteiger partial charge is 0.428 e. The summed E-state index contributed by atoms with van der Waals surface area (Å²) in [6.07, 6.45) is -1.13. The Hall–Kier alpha value is -1.14. The van der Waals surface area contributed by atoms with Crippen LogP contribution in [-0.4, -0.2) is 36.5 Å². The van der Waals surface area contributed by atoms with Crippen LogP contribution in [0.5, 0.6) is 0 Å². The molecule has 0 amide bonds. The minimum absolute atomic E-state index is 0.124. The Balaban J connectivity index is 3.55. The number of hydrogen-bond acceptors (Lipinski definition) is 6. The topological polar surface area (TPSA) is 98.8 Å². The summed E-state index contributed by atoms with van der Waals surface area (Å²) in [7, 11) is 0. The highest BCUT2D eigenvalue weighted by molar-refractivity contribution is 5.74. The van der Waals surface area contributed by atoms with Crippen molar-refractivity contribution >= 4 is 11.9 Å². The maximum absolute atomic E-state index is 10.8. The first-order chi connectivity index (χ1) is 6.07. The fraction of sp³-hybridized carbons (Fsp3) is 0.714. The van der Waals surface area contributed by atoms with Crippen LogP contribution in [-0.2, 0) is 19.1 Å². The Morgan fingerprint density at radius 3 is 2.54 bits per heavy atom. The lowest BCUT2D eigenvalue weighted by Gasteiger charge is -2.08. The second-order valence-corrected chi connectivity index (χ2v) is 2.31. The molecule has 0 aliphatic rings. The summed E-state index contributed by atoms with van der Waals surface area (Å²) in [5.41, 5.74) is 5.09. The van der Waals surface area contributed by atoms with Gasteiger partial charge in [0.1, 0.15) is 0 Å². The van der Waals surface area contributed by atoms with Crippen LogP contribution in [0.3, 0.4) is 0 Å². The number of ether oxygens (including phenoxy) is 2. The molecule has 0 spiro atoms. The predicted octanol–water partition coefficient (Wildman–Crippen LogP) is -1.24. The first kappa shape index (κ1) is 11.9. The van der Waals surface area contributed by atoms with Crippen molar-refractivity contribution in [3.63, 3.8) is 0 Å². The molecule has 3 N–H and O–H groups in total. The van der Waals surface area contributed by atoms with Crippen LogP contribution < -0.4 is 5.73 Å². The molecule has 6 nitrogen and oxygen atoms in total. The Kier molecular flexibility index (Phi) is 5.82. The Labute approximate surface area is 75.6 Å². The monoisotopic (exact) mass is 191 g/mol. The predicted molar refractivity (Wildman–Crippen MR) is 42.4 cm³/mol. The molecule has 0 rings (SSSR count). The average Bonchev–Trinajstić information content (AvgIpc) is 2.04. The molecule has 0 aromatic rings. The van der Waals surface area contributed by atoms with E-state index in [0.717, 1.165) is 0 Å². The second-order valence-electron chi connectivity index (χ2n) is 2.31. The number of carbonyl (C=O) groups excluding carboxylic acids is 2. The van der Waals surface area contributed by atoms with E-state index >= 15 is 0 Å². The van der Waals surface area contributed by atoms with E-state index in [4.69, 9.17) is 10.8 Å². The summed E-state index contributed by atoms with van der Waals surface area (Å²) in [6, 6.07) is 0. The number of hydrogen-bond donors (Lipinski definition) is 2. The van der Waals surface area contributed by atoms with E-state index in [1.807, 2.05) is 0 Å². The second kappa shape index (κ2) is 6.38. The van der Waals surface area contributed by atoms with E-state index in [1.165, 1.54) is 6.92 Å². The van der Waals surface area contributed by atoms with Gasteiger partial charge in [-0.15, -0.1) is 0 Å². The van der Waals surface area contributed by atoms with Gasteiger partial charge in [-0.05, 0) is 13.0 Å². The normalized spacial score (nSPS) is 11.9. The number of rotatable bonds is 5. The molecular weight excluding hydrogens is 178 g/mol. The smallest absolute Gasteiger partial charge is 0.337 e. The van der Waals surface area contributed by atoms with E-state index < -0.39 is 24.8 Å². The number of aliphatic hydroxyl groups excluding tert-OH is 1. The third-order valence-corrected chi connectivity index (χ3v) is 1.18. The van der Waals surface area contributed by atoms with E-state index in [9.17, 15) is 9.59 Å². The van der Waals surface area contributed by atoms with Crippen molar-refractivity contribution in [2.24, 2.45) is 5.73 Å². The number of nitrogens with two attached hydrogens (primary N) is 1. The summed E-state index contributed by atoms with van der Waals surface area (Å²) in [5, 5.41) is 8.99. The molecule has 6 heteroatoms. The van der Waals surface area contributed by atoms with E-state index in [-0.39, 0.29) is 13.0 Å². The lowest BCUT2D eigenvalue weighted by molar-refractivity contribution is -0.172. The van der Waals surface area contributed by atoms with E-state index in [0.29, 0.717) is 0 Å². The number of esters is 2. The first-order valence-corrected chi connectivity index (χ1v) is 3.76. The molecule has 0 aromatic carbocycles. The average molecular weight is 191 g/mol. The zero-order chi connectivity index (χ0) is 10.3. The van der Waals surface area contributed by atoms with E-state index in [2.05, 4.69) is 9.47 Å². The molecule has 1 atom stereocenters. The maximum Gasteiger partial charge on any atom is 0.337 e. The molecule has 0 aromatic heterocycles. The molecule has 0 fully saturated rings. The van der Waals surface area contributed by atoms with Gasteiger partial charge < -0.3 is 20.3 Å². The fourth-order valence-corrected chi connectivity index (χ4v) is 0.542. The molecular formula is C7H13NO5. The van der Waals surface area contributed by atoms with Crippen molar-refractivity contribution in [3.05, 3.63) is 0 Å². The van der Waals surface area contributed by atoms with E-state index in [1.54, 1.807) is 0 Å². The van der Waals surface area contributed by atoms with Gasteiger partial charge in [0.2, 0.25) is 6.79 Å². The van der Waals surface area contributed by atoms with Crippen LogP contribution in [0.15, 0.2) is 0 Å². The molecule has 76 valence electrons. The van der Waals surface area contributed by atoms with Gasteiger partial charge >= 0.3 is 11.9 Å². The lowest BCUT2D eigenvalue weighted by Crippen LogP contribution is -2.26. The van der Waals surface area contributed by atoms with Gasteiger partial charge in [0, 0.05) is 6.92 Å². The standard InChI is InChI=1S/C7H13NO5/c1-5(9)12-4-13-7(11)6(10)2-3-8/h6,10H,2-4,8H2,1H3. The van der Waals surface area contributed by atoms with Crippen LogP contribution >= 0.6 is 0 Å². The molecule has 0 saturated heterocycles. The SMILES string of the molecule is CC(=O)OCOC(=O)C(O)CCN. The third-order valence-electron chi connectivity index (χ3n) is 1.18. The van der Waals surface area contributed by atoms with Crippen LogP contribution in [0, 0.1) is 0 Å². The quantitative estimate of drug-likeness (QED) is 0.416. The summed E-state index contributed by atoms with van der Waals surface area (Å²) >= 11 is 0. The van der Waals surface area contributed by atoms with Gasteiger partial charge in [-0.3, -0.25) is 4.79 Å². The van der Waals surface area contributed by atoms with Crippen LogP contribution in [0.2, 0.25) is 0 Å². The summed E-state index contributed by atoms with van der Waals surface area (Å²) in [4.78, 5) is 21.0. The minimum atomic E-state index is -1.25. The third kappa shape index (κ3) is 6.06. The van der Waals surface area contributed by atoms with Gasteiger partial charge in [-0.1, -0.05) is 0 Å². The summed E-state index contributed by atoms with van der Waals surface area (Å²) in [5.74, 6) is -1.40. The van der Waals surface area contributed by atoms with Crippen LogP contribution in [0.4, 0.5) is 0 Å². The van der Waals surface area contributed by atoms with Crippen LogP contribution in [0.1, 0.15) is 13.3 Å². The maximum atomic E-state index is 10.8. The zero-order valence-electron chi connectivity index (χ0n) is 7.36. The molecule has 0 aliphatic heterocycles. The molecule has 0 aliphatic carbocycles. The molecule has 0 bridgehead atoms. The fourth-order valence-electron chi connectivity index (χ4n) is 0.542. The number of aliphatic hydroxyl groups is 1. The highest BCUT2D eigenvalue weighted by Crippen LogP contribution is 1.93. The van der Waals surface area contributed by atoms with Crippen molar-refractivity contribution in [2.45, 2.75) is 19.4 Å². The molecule has 13 heavy (non-hydrogen) atoms. The lowest BCUT2D eigenvalue weighted by atomic mass is 10.2. The first-order valence-electron chi connectivity index (χ1n) is 3.76. The van der Waals surface area contributed by atoms with Gasteiger partial charge in [-0.25, -0.2) is 4.79 Å². The van der Waals surface area contributed by atoms with Crippen molar-refractivity contribution < 1.29 is 24.2 Å². The molecule has 1 unspecified atom stereocenters. The highest BCUT2D eigenvalue weighted by Gasteiger charge is 2.15.